The van der Waals surface area contributed by atoms with Crippen molar-refractivity contribution in [1.29, 1.82) is 0 Å². The zero-order chi connectivity index (χ0) is 9.26. The first-order valence-electron chi connectivity index (χ1n) is 4.81. The van der Waals surface area contributed by atoms with Crippen LogP contribution in [0, 0.1) is 11.8 Å². The van der Waals surface area contributed by atoms with E-state index in [0.29, 0.717) is 11.8 Å². The molecule has 70 valence electrons. The SMILES string of the molecule is CC=CC(=O)OC1CC2C=CC1C2. The topological polar surface area (TPSA) is 26.3 Å². The maximum absolute atomic E-state index is 11.1. The third kappa shape index (κ3) is 1.67. The van der Waals surface area contributed by atoms with Crippen molar-refractivity contribution < 1.29 is 9.53 Å². The van der Waals surface area contributed by atoms with Crippen LogP contribution < -0.4 is 0 Å². The standard InChI is InChI=1S/C11H14O2/c1-2-3-11(12)13-10-7-8-4-5-9(10)6-8/h2-5,8-10H,6-7H2,1H3. The molecule has 2 rings (SSSR count). The summed E-state index contributed by atoms with van der Waals surface area (Å²) >= 11 is 0. The number of esters is 1. The molecule has 2 nitrogen and oxygen atoms in total. The van der Waals surface area contributed by atoms with Crippen LogP contribution in [0.3, 0.4) is 0 Å². The van der Waals surface area contributed by atoms with Crippen molar-refractivity contribution >= 4 is 5.97 Å². The van der Waals surface area contributed by atoms with E-state index in [1.54, 1.807) is 6.08 Å². The predicted molar refractivity (Wildman–Crippen MR) is 50.0 cm³/mol. The highest BCUT2D eigenvalue weighted by Gasteiger charge is 2.37. The fourth-order valence-electron chi connectivity index (χ4n) is 2.19. The van der Waals surface area contributed by atoms with Crippen LogP contribution in [0.1, 0.15) is 19.8 Å². The van der Waals surface area contributed by atoms with Gasteiger partial charge in [0.2, 0.25) is 0 Å². The molecule has 3 unspecified atom stereocenters. The van der Waals surface area contributed by atoms with Gasteiger partial charge in [-0.3, -0.25) is 0 Å². The molecular formula is C11H14O2. The second-order valence-corrected chi connectivity index (χ2v) is 3.76. The summed E-state index contributed by atoms with van der Waals surface area (Å²) in [5.74, 6) is 0.945. The quantitative estimate of drug-likeness (QED) is 0.367. The number of ether oxygens (including phenoxy) is 1. The summed E-state index contributed by atoms with van der Waals surface area (Å²) in [6.07, 6.45) is 9.95. The van der Waals surface area contributed by atoms with Gasteiger partial charge in [-0.05, 0) is 25.7 Å². The normalized spacial score (nSPS) is 35.9. The van der Waals surface area contributed by atoms with Gasteiger partial charge < -0.3 is 4.74 Å². The molecule has 3 atom stereocenters. The van der Waals surface area contributed by atoms with Gasteiger partial charge in [0.1, 0.15) is 6.10 Å². The molecule has 0 spiro atoms. The molecule has 2 heteroatoms. The van der Waals surface area contributed by atoms with E-state index in [9.17, 15) is 4.79 Å². The van der Waals surface area contributed by atoms with Crippen LogP contribution in [0.2, 0.25) is 0 Å². The second kappa shape index (κ2) is 3.36. The monoisotopic (exact) mass is 178 g/mol. The molecule has 0 radical (unpaired) electrons. The molecular weight excluding hydrogens is 164 g/mol. The van der Waals surface area contributed by atoms with E-state index in [4.69, 9.17) is 4.74 Å². The van der Waals surface area contributed by atoms with Crippen LogP contribution in [0.4, 0.5) is 0 Å². The van der Waals surface area contributed by atoms with Gasteiger partial charge in [-0.2, -0.15) is 0 Å². The Balaban J connectivity index is 1.90. The van der Waals surface area contributed by atoms with Crippen molar-refractivity contribution in [2.75, 3.05) is 0 Å². The van der Waals surface area contributed by atoms with Crippen molar-refractivity contribution in [2.24, 2.45) is 11.8 Å². The van der Waals surface area contributed by atoms with E-state index in [-0.39, 0.29) is 12.1 Å². The van der Waals surface area contributed by atoms with Gasteiger partial charge >= 0.3 is 5.97 Å². The zero-order valence-electron chi connectivity index (χ0n) is 7.77. The number of rotatable bonds is 2. The van der Waals surface area contributed by atoms with Crippen molar-refractivity contribution in [3.05, 3.63) is 24.3 Å². The molecule has 13 heavy (non-hydrogen) atoms. The molecule has 1 fully saturated rings. The van der Waals surface area contributed by atoms with Crippen LogP contribution in [0.25, 0.3) is 0 Å². The summed E-state index contributed by atoms with van der Waals surface area (Å²) < 4.78 is 5.31. The van der Waals surface area contributed by atoms with Crippen LogP contribution in [-0.4, -0.2) is 12.1 Å². The predicted octanol–water partition coefficient (Wildman–Crippen LogP) is 2.07. The summed E-state index contributed by atoms with van der Waals surface area (Å²) in [5, 5.41) is 0. The highest BCUT2D eigenvalue weighted by molar-refractivity contribution is 5.82. The van der Waals surface area contributed by atoms with Gasteiger partial charge in [0.15, 0.2) is 0 Å². The number of carbonyl (C=O) groups is 1. The first-order valence-corrected chi connectivity index (χ1v) is 4.81. The van der Waals surface area contributed by atoms with Gasteiger partial charge in [-0.1, -0.05) is 18.2 Å². The van der Waals surface area contributed by atoms with E-state index in [2.05, 4.69) is 12.2 Å². The van der Waals surface area contributed by atoms with Crippen molar-refractivity contribution in [1.82, 2.24) is 0 Å². The summed E-state index contributed by atoms with van der Waals surface area (Å²) in [4.78, 5) is 11.1. The highest BCUT2D eigenvalue weighted by Crippen LogP contribution is 2.40. The fraction of sp³-hybridized carbons (Fsp3) is 0.545. The largest absolute Gasteiger partial charge is 0.459 e. The molecule has 0 aromatic rings. The third-order valence-corrected chi connectivity index (χ3v) is 2.79. The first kappa shape index (κ1) is 8.54. The van der Waals surface area contributed by atoms with Crippen LogP contribution in [0.15, 0.2) is 24.3 Å². The lowest BCUT2D eigenvalue weighted by Crippen LogP contribution is -2.20. The van der Waals surface area contributed by atoms with Gasteiger partial charge in [0.25, 0.3) is 0 Å². The molecule has 0 aromatic carbocycles. The third-order valence-electron chi connectivity index (χ3n) is 2.79. The summed E-state index contributed by atoms with van der Waals surface area (Å²) in [6.45, 7) is 1.82. The Kier molecular flexibility index (Phi) is 2.21. The molecule has 0 heterocycles. The van der Waals surface area contributed by atoms with Gasteiger partial charge in [-0.25, -0.2) is 4.79 Å². The van der Waals surface area contributed by atoms with Gasteiger partial charge in [0, 0.05) is 12.0 Å². The maximum Gasteiger partial charge on any atom is 0.330 e. The van der Waals surface area contributed by atoms with Crippen molar-refractivity contribution in [3.8, 4) is 0 Å². The average Bonchev–Trinajstić information content (AvgIpc) is 2.65. The molecule has 2 aliphatic carbocycles. The molecule has 0 aliphatic heterocycles. The van der Waals surface area contributed by atoms with Crippen LogP contribution in [0.5, 0.6) is 0 Å². The first-order chi connectivity index (χ1) is 6.29. The van der Waals surface area contributed by atoms with E-state index in [1.807, 2.05) is 6.92 Å². The molecule has 0 N–H and O–H groups in total. The zero-order valence-corrected chi connectivity index (χ0v) is 7.77. The minimum absolute atomic E-state index is 0.138. The Morgan fingerprint density at radius 1 is 1.46 bits per heavy atom. The summed E-state index contributed by atoms with van der Waals surface area (Å²) in [5.41, 5.74) is 0. The maximum atomic E-state index is 11.1. The minimum atomic E-state index is -0.201. The lowest BCUT2D eigenvalue weighted by atomic mass is 10.0. The lowest BCUT2D eigenvalue weighted by Gasteiger charge is -2.17. The van der Waals surface area contributed by atoms with Crippen molar-refractivity contribution in [2.45, 2.75) is 25.9 Å². The molecule has 0 aromatic heterocycles. The van der Waals surface area contributed by atoms with E-state index < -0.39 is 0 Å². The Bertz CT molecular complexity index is 265. The number of hydrogen-bond acceptors (Lipinski definition) is 2. The molecule has 1 saturated carbocycles. The lowest BCUT2D eigenvalue weighted by molar-refractivity contribution is -0.144. The Labute approximate surface area is 78.3 Å². The fourth-order valence-corrected chi connectivity index (χ4v) is 2.19. The Morgan fingerprint density at radius 3 is 2.85 bits per heavy atom. The number of hydrogen-bond donors (Lipinski definition) is 0. The van der Waals surface area contributed by atoms with E-state index in [1.165, 1.54) is 12.5 Å². The van der Waals surface area contributed by atoms with Crippen LogP contribution in [-0.2, 0) is 9.53 Å². The molecule has 2 bridgehead atoms. The minimum Gasteiger partial charge on any atom is -0.459 e. The Morgan fingerprint density at radius 2 is 2.31 bits per heavy atom. The molecule has 2 aliphatic rings. The smallest absolute Gasteiger partial charge is 0.330 e. The number of fused-ring (bicyclic) bond motifs is 2. The van der Waals surface area contributed by atoms with E-state index in [0.717, 1.165) is 6.42 Å². The summed E-state index contributed by atoms with van der Waals surface area (Å²) in [7, 11) is 0. The summed E-state index contributed by atoms with van der Waals surface area (Å²) in [6, 6.07) is 0. The van der Waals surface area contributed by atoms with Gasteiger partial charge in [0.05, 0.1) is 0 Å². The molecule has 0 saturated heterocycles. The highest BCUT2D eigenvalue weighted by atomic mass is 16.5. The van der Waals surface area contributed by atoms with E-state index >= 15 is 0 Å². The van der Waals surface area contributed by atoms with Crippen molar-refractivity contribution in [3.63, 3.8) is 0 Å². The van der Waals surface area contributed by atoms with Crippen LogP contribution >= 0.6 is 0 Å². The number of allylic oxidation sites excluding steroid dienone is 2. The second-order valence-electron chi connectivity index (χ2n) is 3.76. The molecule has 0 amide bonds. The Hall–Kier alpha value is -1.05. The average molecular weight is 178 g/mol. The number of carbonyl (C=O) groups excluding carboxylic acids is 1. The van der Waals surface area contributed by atoms with Gasteiger partial charge in [-0.15, -0.1) is 0 Å².